The summed E-state index contributed by atoms with van der Waals surface area (Å²) in [5.74, 6) is 0.625. The van der Waals surface area contributed by atoms with Crippen LogP contribution in [0.15, 0.2) is 79.1 Å². The molecule has 2 atom stereocenters. The van der Waals surface area contributed by atoms with Gasteiger partial charge in [0.2, 0.25) is 0 Å². The second kappa shape index (κ2) is 9.12. The van der Waals surface area contributed by atoms with Crippen LogP contribution >= 0.6 is 23.8 Å². The summed E-state index contributed by atoms with van der Waals surface area (Å²) < 4.78 is 7.59. The minimum Gasteiger partial charge on any atom is -0.495 e. The molecule has 172 valence electrons. The Morgan fingerprint density at radius 3 is 2.50 bits per heavy atom. The highest BCUT2D eigenvalue weighted by atomic mass is 35.5. The molecule has 2 aromatic carbocycles. The van der Waals surface area contributed by atoms with Gasteiger partial charge in [-0.1, -0.05) is 23.7 Å². The maximum atomic E-state index is 6.51. The van der Waals surface area contributed by atoms with Crippen molar-refractivity contribution in [2.24, 2.45) is 0 Å². The molecular weight excluding hydrogens is 464 g/mol. The fraction of sp³-hybridized carbons (Fsp3) is 0.185. The zero-order chi connectivity index (χ0) is 23.8. The lowest BCUT2D eigenvalue weighted by Gasteiger charge is -2.29. The van der Waals surface area contributed by atoms with Crippen LogP contribution in [0.1, 0.15) is 34.6 Å². The average molecular weight is 489 g/mol. The van der Waals surface area contributed by atoms with Gasteiger partial charge in [0.05, 0.1) is 23.9 Å². The molecule has 0 unspecified atom stereocenters. The van der Waals surface area contributed by atoms with Crippen LogP contribution < -0.4 is 15.0 Å². The standard InChI is InChI=1S/C27H25ClN4OS/c1-17-9-10-19(15-18(17)2)31-14-6-8-23(31)26-25(22-7-4-5-13-29-22)30-27(34)32(26)20-11-12-24(33-3)21(28)16-20/h4-16,25-26H,1-3H3,(H,30,34)/t25-,26+/m1/s1. The topological polar surface area (TPSA) is 42.3 Å². The van der Waals surface area contributed by atoms with Crippen molar-refractivity contribution >= 4 is 34.6 Å². The van der Waals surface area contributed by atoms with Gasteiger partial charge in [-0.25, -0.2) is 0 Å². The van der Waals surface area contributed by atoms with Gasteiger partial charge < -0.3 is 19.5 Å². The zero-order valence-electron chi connectivity index (χ0n) is 19.2. The summed E-state index contributed by atoms with van der Waals surface area (Å²) in [5.41, 5.74) is 6.52. The van der Waals surface area contributed by atoms with Gasteiger partial charge in [-0.2, -0.15) is 0 Å². The molecule has 5 nitrogen and oxygen atoms in total. The molecule has 7 heteroatoms. The summed E-state index contributed by atoms with van der Waals surface area (Å²) >= 11 is 12.4. The summed E-state index contributed by atoms with van der Waals surface area (Å²) in [5, 5.41) is 4.67. The molecule has 4 aromatic rings. The number of anilines is 1. The molecule has 0 saturated carbocycles. The Kier molecular flexibility index (Phi) is 6.02. The van der Waals surface area contributed by atoms with E-state index >= 15 is 0 Å². The average Bonchev–Trinajstić information content (AvgIpc) is 3.45. The SMILES string of the molecule is COc1ccc(N2C(=S)N[C@H](c3ccccn3)[C@@H]2c2cccn2-c2ccc(C)c(C)c2)cc1Cl. The van der Waals surface area contributed by atoms with Crippen molar-refractivity contribution < 1.29 is 4.74 Å². The van der Waals surface area contributed by atoms with Crippen LogP contribution in [0.4, 0.5) is 5.69 Å². The van der Waals surface area contributed by atoms with E-state index in [1.807, 2.05) is 42.6 Å². The van der Waals surface area contributed by atoms with Crippen LogP contribution in [0, 0.1) is 13.8 Å². The lowest BCUT2D eigenvalue weighted by atomic mass is 10.0. The maximum absolute atomic E-state index is 6.51. The third kappa shape index (κ3) is 3.93. The van der Waals surface area contributed by atoms with Crippen LogP contribution in [-0.4, -0.2) is 21.8 Å². The first-order valence-electron chi connectivity index (χ1n) is 11.1. The van der Waals surface area contributed by atoms with Gasteiger partial charge in [0, 0.05) is 29.5 Å². The second-order valence-electron chi connectivity index (χ2n) is 8.39. The molecule has 1 N–H and O–H groups in total. The van der Waals surface area contributed by atoms with Gasteiger partial charge in [0.25, 0.3) is 0 Å². The zero-order valence-corrected chi connectivity index (χ0v) is 20.8. The molecule has 0 amide bonds. The molecule has 0 radical (unpaired) electrons. The van der Waals surface area contributed by atoms with Crippen molar-refractivity contribution in [2.45, 2.75) is 25.9 Å². The Hall–Kier alpha value is -3.35. The van der Waals surface area contributed by atoms with E-state index in [-0.39, 0.29) is 12.1 Å². The molecule has 1 aliphatic rings. The fourth-order valence-electron chi connectivity index (χ4n) is 4.48. The third-order valence-corrected chi connectivity index (χ3v) is 6.97. The fourth-order valence-corrected chi connectivity index (χ4v) is 5.08. The van der Waals surface area contributed by atoms with Crippen LogP contribution in [0.2, 0.25) is 5.02 Å². The molecule has 34 heavy (non-hydrogen) atoms. The predicted molar refractivity (Wildman–Crippen MR) is 141 cm³/mol. The first-order chi connectivity index (χ1) is 16.5. The Morgan fingerprint density at radius 1 is 0.971 bits per heavy atom. The number of benzene rings is 2. The number of hydrogen-bond donors (Lipinski definition) is 1. The molecule has 5 rings (SSSR count). The molecule has 0 bridgehead atoms. The van der Waals surface area contributed by atoms with E-state index in [1.54, 1.807) is 7.11 Å². The van der Waals surface area contributed by atoms with E-state index in [4.69, 9.17) is 28.6 Å². The number of pyridine rings is 1. The molecular formula is C27H25ClN4OS. The molecule has 1 fully saturated rings. The predicted octanol–water partition coefficient (Wildman–Crippen LogP) is 6.33. The van der Waals surface area contributed by atoms with E-state index in [0.717, 1.165) is 22.8 Å². The molecule has 2 aromatic heterocycles. The smallest absolute Gasteiger partial charge is 0.174 e. The number of thiocarbonyl (C=S) groups is 1. The third-order valence-electron chi connectivity index (χ3n) is 6.36. The molecule has 0 aliphatic carbocycles. The quantitative estimate of drug-likeness (QED) is 0.332. The second-order valence-corrected chi connectivity index (χ2v) is 9.18. The lowest BCUT2D eigenvalue weighted by molar-refractivity contribution is 0.415. The number of nitrogens with zero attached hydrogens (tertiary/aromatic N) is 3. The first kappa shape index (κ1) is 22.4. The van der Waals surface area contributed by atoms with Crippen molar-refractivity contribution in [1.29, 1.82) is 0 Å². The van der Waals surface area contributed by atoms with Gasteiger partial charge in [0.1, 0.15) is 11.8 Å². The van der Waals surface area contributed by atoms with Gasteiger partial charge in [-0.3, -0.25) is 4.98 Å². The van der Waals surface area contributed by atoms with Crippen molar-refractivity contribution in [2.75, 3.05) is 12.0 Å². The van der Waals surface area contributed by atoms with Crippen molar-refractivity contribution in [1.82, 2.24) is 14.9 Å². The highest BCUT2D eigenvalue weighted by Crippen LogP contribution is 2.43. The van der Waals surface area contributed by atoms with Crippen LogP contribution in [0.5, 0.6) is 5.75 Å². The summed E-state index contributed by atoms with van der Waals surface area (Å²) in [7, 11) is 1.61. The minimum atomic E-state index is -0.150. The Morgan fingerprint density at radius 2 is 1.79 bits per heavy atom. The summed E-state index contributed by atoms with van der Waals surface area (Å²) in [6, 6.07) is 22.1. The van der Waals surface area contributed by atoms with E-state index in [2.05, 4.69) is 70.1 Å². The van der Waals surface area contributed by atoms with Crippen molar-refractivity contribution in [3.8, 4) is 11.4 Å². The largest absolute Gasteiger partial charge is 0.495 e. The number of aryl methyl sites for hydroxylation is 2. The number of aromatic nitrogens is 2. The van der Waals surface area contributed by atoms with E-state index in [0.29, 0.717) is 15.9 Å². The highest BCUT2D eigenvalue weighted by Gasteiger charge is 2.42. The molecule has 1 saturated heterocycles. The summed E-state index contributed by atoms with van der Waals surface area (Å²) in [6.07, 6.45) is 3.90. The monoisotopic (exact) mass is 488 g/mol. The molecule has 1 aliphatic heterocycles. The summed E-state index contributed by atoms with van der Waals surface area (Å²) in [6.45, 7) is 4.26. The number of hydrogen-bond acceptors (Lipinski definition) is 3. The number of methoxy groups -OCH3 is 1. The Balaban J connectivity index is 1.67. The van der Waals surface area contributed by atoms with Crippen molar-refractivity contribution in [3.05, 3.63) is 107 Å². The molecule has 0 spiro atoms. The van der Waals surface area contributed by atoms with Crippen LogP contribution in [-0.2, 0) is 0 Å². The first-order valence-corrected chi connectivity index (χ1v) is 11.9. The van der Waals surface area contributed by atoms with E-state index in [1.165, 1.54) is 11.1 Å². The number of rotatable bonds is 5. The Bertz CT molecular complexity index is 1350. The number of ether oxygens (including phenoxy) is 1. The van der Waals surface area contributed by atoms with Gasteiger partial charge >= 0.3 is 0 Å². The number of nitrogens with one attached hydrogen (secondary N) is 1. The minimum absolute atomic E-state index is 0.144. The maximum Gasteiger partial charge on any atom is 0.174 e. The summed E-state index contributed by atoms with van der Waals surface area (Å²) in [4.78, 5) is 6.77. The van der Waals surface area contributed by atoms with E-state index in [9.17, 15) is 0 Å². The normalized spacial score (nSPS) is 17.6. The molecule has 3 heterocycles. The van der Waals surface area contributed by atoms with Crippen molar-refractivity contribution in [3.63, 3.8) is 0 Å². The Labute approximate surface area is 210 Å². The number of halogens is 1. The van der Waals surface area contributed by atoms with Gasteiger partial charge in [-0.05, 0) is 91.8 Å². The van der Waals surface area contributed by atoms with Crippen LogP contribution in [0.25, 0.3) is 5.69 Å². The van der Waals surface area contributed by atoms with Gasteiger partial charge in [-0.15, -0.1) is 0 Å². The van der Waals surface area contributed by atoms with E-state index < -0.39 is 0 Å². The lowest BCUT2D eigenvalue weighted by Crippen LogP contribution is -2.30. The van der Waals surface area contributed by atoms with Crippen LogP contribution in [0.3, 0.4) is 0 Å². The highest BCUT2D eigenvalue weighted by molar-refractivity contribution is 7.80. The van der Waals surface area contributed by atoms with Gasteiger partial charge in [0.15, 0.2) is 5.11 Å².